The molecular weight excluding hydrogens is 471 g/mol. The van der Waals surface area contributed by atoms with E-state index in [0.29, 0.717) is 30.2 Å². The molecule has 0 spiro atoms. The van der Waals surface area contributed by atoms with Crippen LogP contribution in [0.15, 0.2) is 65.6 Å². The smallest absolute Gasteiger partial charge is 0.341 e. The Hall–Kier alpha value is -4.13. The molecule has 3 aromatic carbocycles. The quantitative estimate of drug-likeness (QED) is 0.367. The Morgan fingerprint density at radius 1 is 1.11 bits per heavy atom. The fraction of sp³-hybridized carbons (Fsp3) is 0.267. The summed E-state index contributed by atoms with van der Waals surface area (Å²) in [4.78, 5) is 26.9. The van der Waals surface area contributed by atoms with E-state index in [1.165, 1.54) is 18.9 Å². The number of nitrogens with zero attached hydrogens (tertiary/aromatic N) is 2. The normalized spacial score (nSPS) is 15.4. The largest absolute Gasteiger partial charge is 0.492 e. The van der Waals surface area contributed by atoms with E-state index in [2.05, 4.69) is 31.2 Å². The fourth-order valence-electron chi connectivity index (χ4n) is 5.14. The van der Waals surface area contributed by atoms with Crippen LogP contribution in [-0.4, -0.2) is 35.8 Å². The maximum atomic E-state index is 15.4. The molecule has 0 amide bonds. The van der Waals surface area contributed by atoms with E-state index in [4.69, 9.17) is 4.74 Å². The summed E-state index contributed by atoms with van der Waals surface area (Å²) in [5.74, 6) is -1.29. The molecule has 1 aliphatic heterocycles. The molecule has 5 rings (SSSR count). The molecule has 0 saturated carbocycles. The lowest BCUT2D eigenvalue weighted by Gasteiger charge is -2.24. The second kappa shape index (κ2) is 9.73. The number of methoxy groups -OCH3 is 1. The maximum Gasteiger partial charge on any atom is 0.341 e. The molecule has 1 aliphatic rings. The molecule has 1 saturated heterocycles. The molecule has 0 aliphatic carbocycles. The first-order valence-electron chi connectivity index (χ1n) is 12.3. The van der Waals surface area contributed by atoms with Gasteiger partial charge >= 0.3 is 5.97 Å². The van der Waals surface area contributed by atoms with Crippen molar-refractivity contribution >= 4 is 22.6 Å². The van der Waals surface area contributed by atoms with Crippen molar-refractivity contribution in [3.63, 3.8) is 0 Å². The average Bonchev–Trinajstić information content (AvgIpc) is 3.31. The van der Waals surface area contributed by atoms with Gasteiger partial charge in [0.05, 0.1) is 18.0 Å². The van der Waals surface area contributed by atoms with Crippen LogP contribution in [0.1, 0.15) is 34.8 Å². The number of hydrogen-bond acceptors (Lipinski definition) is 4. The van der Waals surface area contributed by atoms with Gasteiger partial charge in [-0.3, -0.25) is 4.79 Å². The number of carboxylic acids is 1. The molecule has 0 radical (unpaired) electrons. The lowest BCUT2D eigenvalue weighted by molar-refractivity contribution is 0.0695. The van der Waals surface area contributed by atoms with E-state index in [-0.39, 0.29) is 17.7 Å². The zero-order chi connectivity index (χ0) is 26.3. The topological polar surface area (TPSA) is 71.8 Å². The third kappa shape index (κ3) is 4.57. The average molecular weight is 501 g/mol. The number of aromatic nitrogens is 1. The molecule has 2 heterocycles. The number of benzene rings is 3. The van der Waals surface area contributed by atoms with Crippen molar-refractivity contribution in [2.75, 3.05) is 25.1 Å². The third-order valence-electron chi connectivity index (χ3n) is 7.11. The Morgan fingerprint density at radius 2 is 1.76 bits per heavy atom. The number of ether oxygens (including phenoxy) is 1. The van der Waals surface area contributed by atoms with Crippen LogP contribution in [0.3, 0.4) is 0 Å². The monoisotopic (exact) mass is 500 g/mol. The number of rotatable bonds is 6. The minimum absolute atomic E-state index is 0.0125. The molecule has 1 unspecified atom stereocenters. The number of fused-ring (bicyclic) bond motifs is 1. The van der Waals surface area contributed by atoms with Crippen molar-refractivity contribution in [3.05, 3.63) is 93.5 Å². The van der Waals surface area contributed by atoms with Crippen molar-refractivity contribution in [1.82, 2.24) is 4.57 Å². The molecule has 6 nitrogen and oxygen atoms in total. The third-order valence-corrected chi connectivity index (χ3v) is 7.11. The number of aryl methyl sites for hydroxylation is 1. The van der Waals surface area contributed by atoms with Crippen LogP contribution in [0.5, 0.6) is 5.75 Å². The van der Waals surface area contributed by atoms with Gasteiger partial charge in [0, 0.05) is 25.8 Å². The molecule has 1 fully saturated rings. The summed E-state index contributed by atoms with van der Waals surface area (Å²) in [6.45, 7) is 5.79. The van der Waals surface area contributed by atoms with Gasteiger partial charge in [0.1, 0.15) is 11.3 Å². The van der Waals surface area contributed by atoms with E-state index in [1.807, 2.05) is 36.1 Å². The first-order valence-corrected chi connectivity index (χ1v) is 12.3. The SMILES string of the molecule is COc1c(N2CCC(C)C2)c(F)cc2c(=O)c(C(=O)O)cn(Cc3ccc(-c4ccc(C)cc4)cc3)c12. The van der Waals surface area contributed by atoms with Crippen LogP contribution in [-0.2, 0) is 6.54 Å². The maximum absolute atomic E-state index is 15.4. The molecule has 1 N–H and O–H groups in total. The van der Waals surface area contributed by atoms with Gasteiger partial charge in [0.2, 0.25) is 5.43 Å². The van der Waals surface area contributed by atoms with Crippen LogP contribution in [0.4, 0.5) is 10.1 Å². The van der Waals surface area contributed by atoms with Crippen LogP contribution >= 0.6 is 0 Å². The molecule has 1 aromatic heterocycles. The molecule has 190 valence electrons. The number of carbonyl (C=O) groups is 1. The van der Waals surface area contributed by atoms with Crippen LogP contribution in [0.2, 0.25) is 0 Å². The number of aromatic carboxylic acids is 1. The van der Waals surface area contributed by atoms with Gasteiger partial charge in [-0.25, -0.2) is 9.18 Å². The van der Waals surface area contributed by atoms with Crippen LogP contribution in [0, 0.1) is 18.7 Å². The van der Waals surface area contributed by atoms with Gasteiger partial charge < -0.3 is 19.3 Å². The first kappa shape index (κ1) is 24.6. The van der Waals surface area contributed by atoms with Crippen molar-refractivity contribution in [2.45, 2.75) is 26.8 Å². The first-order chi connectivity index (χ1) is 17.8. The van der Waals surface area contributed by atoms with E-state index >= 15 is 4.39 Å². The van der Waals surface area contributed by atoms with Crippen LogP contribution < -0.4 is 15.1 Å². The highest BCUT2D eigenvalue weighted by atomic mass is 19.1. The number of anilines is 1. The zero-order valence-electron chi connectivity index (χ0n) is 21.1. The Bertz CT molecular complexity index is 1540. The highest BCUT2D eigenvalue weighted by Gasteiger charge is 2.29. The molecule has 7 heteroatoms. The number of halogens is 1. The molecule has 0 bridgehead atoms. The molecule has 37 heavy (non-hydrogen) atoms. The Labute approximate surface area is 214 Å². The lowest BCUT2D eigenvalue weighted by atomic mass is 10.0. The lowest BCUT2D eigenvalue weighted by Crippen LogP contribution is -2.24. The highest BCUT2D eigenvalue weighted by Crippen LogP contribution is 2.40. The van der Waals surface area contributed by atoms with Crippen LogP contribution in [0.25, 0.3) is 22.0 Å². The minimum Gasteiger partial charge on any atom is -0.492 e. The second-order valence-electron chi connectivity index (χ2n) is 9.84. The Balaban J connectivity index is 1.64. The van der Waals surface area contributed by atoms with Crippen molar-refractivity contribution in [2.24, 2.45) is 5.92 Å². The Kier molecular flexibility index (Phi) is 6.46. The summed E-state index contributed by atoms with van der Waals surface area (Å²) in [5.41, 5.74) is 3.81. The molecule has 4 aromatic rings. The predicted octanol–water partition coefficient (Wildman–Crippen LogP) is 5.72. The van der Waals surface area contributed by atoms with E-state index in [0.717, 1.165) is 29.2 Å². The summed E-state index contributed by atoms with van der Waals surface area (Å²) >= 11 is 0. The predicted molar refractivity (Wildman–Crippen MR) is 143 cm³/mol. The summed E-state index contributed by atoms with van der Waals surface area (Å²) in [6, 6.07) is 17.4. The van der Waals surface area contributed by atoms with Gasteiger partial charge in [0.25, 0.3) is 0 Å². The van der Waals surface area contributed by atoms with Crippen molar-refractivity contribution < 1.29 is 19.0 Å². The van der Waals surface area contributed by atoms with E-state index in [1.54, 1.807) is 4.57 Å². The summed E-state index contributed by atoms with van der Waals surface area (Å²) in [6.07, 6.45) is 2.26. The van der Waals surface area contributed by atoms with E-state index < -0.39 is 22.8 Å². The number of pyridine rings is 1. The molecular formula is C30H29FN2O4. The number of carboxylic acid groups (broad SMARTS) is 1. The fourth-order valence-corrected chi connectivity index (χ4v) is 5.14. The van der Waals surface area contributed by atoms with Crippen molar-refractivity contribution in [3.8, 4) is 16.9 Å². The van der Waals surface area contributed by atoms with Crippen molar-refractivity contribution in [1.29, 1.82) is 0 Å². The van der Waals surface area contributed by atoms with Gasteiger partial charge in [-0.2, -0.15) is 0 Å². The second-order valence-corrected chi connectivity index (χ2v) is 9.84. The summed E-state index contributed by atoms with van der Waals surface area (Å²) < 4.78 is 22.8. The highest BCUT2D eigenvalue weighted by molar-refractivity contribution is 5.97. The number of hydrogen-bond donors (Lipinski definition) is 1. The van der Waals surface area contributed by atoms with Gasteiger partial charge in [0.15, 0.2) is 11.6 Å². The van der Waals surface area contributed by atoms with Gasteiger partial charge in [-0.05, 0) is 42.0 Å². The summed E-state index contributed by atoms with van der Waals surface area (Å²) in [7, 11) is 1.45. The standard InChI is InChI=1S/C30H29FN2O4/c1-18-4-8-21(9-5-18)22-10-6-20(7-11-22)16-33-17-24(30(35)36)28(34)23-14-25(31)27(29(37-3)26(23)33)32-13-12-19(2)15-32/h4-11,14,17,19H,12-13,15-16H2,1-3H3,(H,35,36). The van der Waals surface area contributed by atoms with Gasteiger partial charge in [-0.1, -0.05) is 61.0 Å². The molecule has 1 atom stereocenters. The summed E-state index contributed by atoms with van der Waals surface area (Å²) in [5, 5.41) is 9.69. The zero-order valence-corrected chi connectivity index (χ0v) is 21.1. The Morgan fingerprint density at radius 3 is 2.32 bits per heavy atom. The minimum atomic E-state index is -1.35. The van der Waals surface area contributed by atoms with E-state index in [9.17, 15) is 14.7 Å². The van der Waals surface area contributed by atoms with Gasteiger partial charge in [-0.15, -0.1) is 0 Å².